The number of aliphatic hydroxyl groups excluding tert-OH is 3. The monoisotopic (exact) mass is 886 g/mol. The number of unbranched alkanes of at least 4 members (excludes halogenated alkanes) is 40. The van der Waals surface area contributed by atoms with Crippen LogP contribution in [0.3, 0.4) is 0 Å². The Kier molecular flexibility index (Phi) is 52.0. The van der Waals surface area contributed by atoms with E-state index in [9.17, 15) is 20.1 Å². The molecule has 5 nitrogen and oxygen atoms in total. The molecule has 0 bridgehead atoms. The Morgan fingerprint density at radius 1 is 0.381 bits per heavy atom. The van der Waals surface area contributed by atoms with Crippen LogP contribution in [0.2, 0.25) is 0 Å². The van der Waals surface area contributed by atoms with Gasteiger partial charge in [-0.3, -0.25) is 4.79 Å². The molecule has 63 heavy (non-hydrogen) atoms. The quantitative estimate of drug-likeness (QED) is 0.0362. The summed E-state index contributed by atoms with van der Waals surface area (Å²) >= 11 is 0. The first-order valence-electron chi connectivity index (χ1n) is 28.3. The Hall–Kier alpha value is -1.43. The third-order valence-electron chi connectivity index (χ3n) is 13.2. The summed E-state index contributed by atoms with van der Waals surface area (Å²) < 4.78 is 0. The van der Waals surface area contributed by atoms with E-state index in [1.54, 1.807) is 6.08 Å². The molecule has 0 aliphatic heterocycles. The van der Waals surface area contributed by atoms with Gasteiger partial charge in [-0.05, 0) is 57.8 Å². The van der Waals surface area contributed by atoms with Gasteiger partial charge < -0.3 is 20.6 Å². The molecule has 0 aromatic heterocycles. The molecule has 1 amide bonds. The number of hydrogen-bond donors (Lipinski definition) is 4. The van der Waals surface area contributed by atoms with Crippen LogP contribution in [0.4, 0.5) is 0 Å². The molecule has 0 aliphatic rings. The lowest BCUT2D eigenvalue weighted by atomic mass is 10.0. The van der Waals surface area contributed by atoms with Gasteiger partial charge in [0.05, 0.1) is 18.8 Å². The van der Waals surface area contributed by atoms with Gasteiger partial charge in [0.15, 0.2) is 0 Å². The van der Waals surface area contributed by atoms with Crippen molar-refractivity contribution in [1.29, 1.82) is 0 Å². The molecule has 0 aromatic carbocycles. The fourth-order valence-electron chi connectivity index (χ4n) is 8.79. The molecule has 0 heterocycles. The van der Waals surface area contributed by atoms with Crippen LogP contribution in [-0.2, 0) is 4.79 Å². The van der Waals surface area contributed by atoms with Crippen molar-refractivity contribution in [3.05, 3.63) is 36.5 Å². The second kappa shape index (κ2) is 53.2. The van der Waals surface area contributed by atoms with Gasteiger partial charge in [0, 0.05) is 0 Å². The third kappa shape index (κ3) is 48.3. The van der Waals surface area contributed by atoms with Crippen molar-refractivity contribution in [3.8, 4) is 0 Å². The topological polar surface area (TPSA) is 89.8 Å². The van der Waals surface area contributed by atoms with Crippen molar-refractivity contribution in [2.24, 2.45) is 0 Å². The lowest BCUT2D eigenvalue weighted by Crippen LogP contribution is -2.48. The van der Waals surface area contributed by atoms with Gasteiger partial charge >= 0.3 is 0 Å². The second-order valence-corrected chi connectivity index (χ2v) is 19.5. The third-order valence-corrected chi connectivity index (χ3v) is 13.2. The van der Waals surface area contributed by atoms with Gasteiger partial charge in [0.1, 0.15) is 6.10 Å². The van der Waals surface area contributed by atoms with E-state index in [1.165, 1.54) is 244 Å². The lowest BCUT2D eigenvalue weighted by molar-refractivity contribution is -0.131. The fourth-order valence-corrected chi connectivity index (χ4v) is 8.79. The number of carbonyl (C=O) groups excluding carboxylic acids is 1. The van der Waals surface area contributed by atoms with Crippen molar-refractivity contribution >= 4 is 5.91 Å². The van der Waals surface area contributed by atoms with Crippen molar-refractivity contribution in [2.45, 2.75) is 321 Å². The van der Waals surface area contributed by atoms with Crippen LogP contribution >= 0.6 is 0 Å². The van der Waals surface area contributed by atoms with Crippen molar-refractivity contribution < 1.29 is 20.1 Å². The zero-order valence-electron chi connectivity index (χ0n) is 42.5. The molecule has 372 valence electrons. The molecule has 3 atom stereocenters. The molecular formula is C58H111NO4. The highest BCUT2D eigenvalue weighted by Gasteiger charge is 2.22. The highest BCUT2D eigenvalue weighted by atomic mass is 16.3. The highest BCUT2D eigenvalue weighted by Crippen LogP contribution is 2.17. The molecule has 0 aromatic rings. The summed E-state index contributed by atoms with van der Waals surface area (Å²) in [7, 11) is 0. The van der Waals surface area contributed by atoms with Crippen molar-refractivity contribution in [1.82, 2.24) is 5.32 Å². The highest BCUT2D eigenvalue weighted by molar-refractivity contribution is 5.80. The molecule has 0 saturated heterocycles. The first kappa shape index (κ1) is 61.6. The van der Waals surface area contributed by atoms with E-state index < -0.39 is 24.2 Å². The molecule has 0 aliphatic carbocycles. The Bertz CT molecular complexity index is 978. The van der Waals surface area contributed by atoms with E-state index >= 15 is 0 Å². The summed E-state index contributed by atoms with van der Waals surface area (Å²) in [5.74, 6) is -0.510. The van der Waals surface area contributed by atoms with Crippen molar-refractivity contribution in [2.75, 3.05) is 6.61 Å². The smallest absolute Gasteiger partial charge is 0.249 e. The van der Waals surface area contributed by atoms with Crippen LogP contribution in [0.15, 0.2) is 36.5 Å². The lowest BCUT2D eigenvalue weighted by Gasteiger charge is -2.21. The zero-order valence-corrected chi connectivity index (χ0v) is 42.5. The summed E-state index contributed by atoms with van der Waals surface area (Å²) in [6.07, 6.45) is 69.6. The first-order valence-corrected chi connectivity index (χ1v) is 28.3. The number of amides is 1. The number of aliphatic hydroxyl groups is 3. The van der Waals surface area contributed by atoms with Crippen LogP contribution in [0, 0.1) is 0 Å². The molecule has 0 rings (SSSR count). The van der Waals surface area contributed by atoms with E-state index in [0.29, 0.717) is 6.42 Å². The summed E-state index contributed by atoms with van der Waals surface area (Å²) in [4.78, 5) is 12.5. The van der Waals surface area contributed by atoms with Crippen LogP contribution < -0.4 is 5.32 Å². The maximum absolute atomic E-state index is 12.5. The first-order chi connectivity index (χ1) is 31.1. The summed E-state index contributed by atoms with van der Waals surface area (Å²) in [6, 6.07) is -0.813. The van der Waals surface area contributed by atoms with Gasteiger partial charge in [-0.25, -0.2) is 0 Å². The molecule has 0 fully saturated rings. The molecule has 0 saturated carbocycles. The normalized spacial score (nSPS) is 13.5. The van der Waals surface area contributed by atoms with Crippen LogP contribution in [0.1, 0.15) is 303 Å². The Balaban J connectivity index is 3.48. The van der Waals surface area contributed by atoms with Crippen LogP contribution in [0.25, 0.3) is 0 Å². The summed E-state index contributed by atoms with van der Waals surface area (Å²) in [5, 5.41) is 33.2. The van der Waals surface area contributed by atoms with Crippen LogP contribution in [-0.4, -0.2) is 46.1 Å². The van der Waals surface area contributed by atoms with E-state index in [0.717, 1.165) is 38.5 Å². The fraction of sp³-hybridized carbons (Fsp3) is 0.879. The molecule has 0 radical (unpaired) electrons. The van der Waals surface area contributed by atoms with Crippen molar-refractivity contribution in [3.63, 3.8) is 0 Å². The Morgan fingerprint density at radius 2 is 0.651 bits per heavy atom. The van der Waals surface area contributed by atoms with Gasteiger partial charge in [0.25, 0.3) is 0 Å². The predicted octanol–water partition coefficient (Wildman–Crippen LogP) is 17.4. The molecule has 0 spiro atoms. The van der Waals surface area contributed by atoms with E-state index in [2.05, 4.69) is 43.5 Å². The maximum Gasteiger partial charge on any atom is 0.249 e. The number of allylic oxidation sites excluding steroid dienone is 5. The molecule has 4 N–H and O–H groups in total. The average Bonchev–Trinajstić information content (AvgIpc) is 3.29. The minimum absolute atomic E-state index is 0.375. The molecule has 5 heteroatoms. The van der Waals surface area contributed by atoms with Gasteiger partial charge in [-0.1, -0.05) is 281 Å². The predicted molar refractivity (Wildman–Crippen MR) is 278 cm³/mol. The van der Waals surface area contributed by atoms with E-state index in [-0.39, 0.29) is 6.61 Å². The minimum Gasteiger partial charge on any atom is -0.394 e. The zero-order chi connectivity index (χ0) is 45.8. The molecule has 3 unspecified atom stereocenters. The standard InChI is InChI=1S/C58H111NO4/c1-3-5-7-9-11-13-15-17-18-19-20-21-22-23-24-25-26-27-28-29-30-31-32-33-34-35-36-37-38-39-41-43-45-47-49-51-53-57(62)58(63)59-55(54-60)56(61)52-50-48-46-44-42-40-16-14-12-10-8-6-4-2/h27-28,42,44,50,52,55-57,60-62H,3-26,29-41,43,45-49,51,53-54H2,1-2H3,(H,59,63)/b28-27-,44-42+,52-50+. The van der Waals surface area contributed by atoms with Gasteiger partial charge in [-0.2, -0.15) is 0 Å². The SMILES string of the molecule is CCCCCCCCC/C=C/CC/C=C/C(O)C(CO)NC(=O)C(O)CCCCCCCCCCCCCCCCCC/C=C\CCCCCCCCCCCCCCCCCC. The average molecular weight is 887 g/mol. The summed E-state index contributed by atoms with van der Waals surface area (Å²) in [5.41, 5.74) is 0. The number of nitrogens with one attached hydrogen (secondary N) is 1. The second-order valence-electron chi connectivity index (χ2n) is 19.5. The number of rotatable bonds is 52. The van der Waals surface area contributed by atoms with Gasteiger partial charge in [-0.15, -0.1) is 0 Å². The Morgan fingerprint density at radius 3 is 0.968 bits per heavy atom. The van der Waals surface area contributed by atoms with E-state index in [4.69, 9.17) is 0 Å². The Labute approximate surface area is 394 Å². The minimum atomic E-state index is -1.10. The number of hydrogen-bond acceptors (Lipinski definition) is 4. The summed E-state index contributed by atoms with van der Waals surface area (Å²) in [6.45, 7) is 4.18. The largest absolute Gasteiger partial charge is 0.394 e. The van der Waals surface area contributed by atoms with Gasteiger partial charge in [0.2, 0.25) is 5.91 Å². The van der Waals surface area contributed by atoms with Crippen LogP contribution in [0.5, 0.6) is 0 Å². The maximum atomic E-state index is 12.5. The number of carbonyl (C=O) groups is 1. The van der Waals surface area contributed by atoms with E-state index in [1.807, 2.05) is 6.08 Å². The molecular weight excluding hydrogens is 775 g/mol.